The highest BCUT2D eigenvalue weighted by Crippen LogP contribution is 2.29. The van der Waals surface area contributed by atoms with E-state index in [0.717, 1.165) is 11.3 Å². The standard InChI is InChI=1S/C24H22F3N5O2S/c1-24(2,23(29)32-21(28)13-3-5-16(25)6-4-13)12-31-22(34)15-9-14(10-30-11-15)17-7-8-18(35-17)19(33)20(26)27/h3-11,20H,12H2,1-2H3,(H,31,34)(H3,28,29,32). The summed E-state index contributed by atoms with van der Waals surface area (Å²) in [5.74, 6) is -2.17. The lowest BCUT2D eigenvalue weighted by Gasteiger charge is -2.24. The van der Waals surface area contributed by atoms with Crippen LogP contribution in [-0.4, -0.2) is 41.3 Å². The number of halogens is 3. The summed E-state index contributed by atoms with van der Waals surface area (Å²) < 4.78 is 38.4. The number of thiophene rings is 1. The quantitative estimate of drug-likeness (QED) is 0.238. The average Bonchev–Trinajstić information content (AvgIpc) is 3.32. The van der Waals surface area contributed by atoms with E-state index in [1.165, 1.54) is 48.8 Å². The van der Waals surface area contributed by atoms with Crippen molar-refractivity contribution >= 4 is 34.7 Å². The van der Waals surface area contributed by atoms with Gasteiger partial charge in [0, 0.05) is 40.4 Å². The van der Waals surface area contributed by atoms with Crippen molar-refractivity contribution in [2.45, 2.75) is 20.3 Å². The number of carbonyl (C=O) groups is 2. The number of alkyl halides is 2. The molecule has 7 nitrogen and oxygen atoms in total. The second kappa shape index (κ2) is 10.6. The summed E-state index contributed by atoms with van der Waals surface area (Å²) >= 11 is 0.895. The predicted octanol–water partition coefficient (Wildman–Crippen LogP) is 4.54. The van der Waals surface area contributed by atoms with Crippen LogP contribution in [0.3, 0.4) is 0 Å². The molecule has 0 spiro atoms. The molecule has 2 heterocycles. The molecule has 0 aliphatic rings. The molecule has 35 heavy (non-hydrogen) atoms. The molecule has 1 aromatic carbocycles. The Labute approximate surface area is 203 Å². The number of nitrogens with one attached hydrogen (secondary N) is 2. The van der Waals surface area contributed by atoms with E-state index in [0.29, 0.717) is 16.0 Å². The van der Waals surface area contributed by atoms with Gasteiger partial charge in [0.1, 0.15) is 11.7 Å². The first-order valence-electron chi connectivity index (χ1n) is 10.3. The van der Waals surface area contributed by atoms with Crippen molar-refractivity contribution < 1.29 is 22.8 Å². The zero-order chi connectivity index (χ0) is 25.8. The monoisotopic (exact) mass is 501 g/mol. The maximum atomic E-state index is 13.1. The van der Waals surface area contributed by atoms with Crippen molar-refractivity contribution in [3.8, 4) is 10.4 Å². The molecule has 0 unspecified atom stereocenters. The lowest BCUT2D eigenvalue weighted by Crippen LogP contribution is -2.43. The minimum absolute atomic E-state index is 0.0763. The van der Waals surface area contributed by atoms with Crippen LogP contribution in [0, 0.1) is 16.6 Å². The molecule has 3 aromatic rings. The summed E-state index contributed by atoms with van der Waals surface area (Å²) in [6.45, 7) is 3.58. The number of amides is 1. The summed E-state index contributed by atoms with van der Waals surface area (Å²) in [5, 5.41) is 10.8. The smallest absolute Gasteiger partial charge is 0.301 e. The number of rotatable bonds is 8. The van der Waals surface area contributed by atoms with Gasteiger partial charge in [-0.2, -0.15) is 0 Å². The molecular weight excluding hydrogens is 479 g/mol. The highest BCUT2D eigenvalue weighted by atomic mass is 32.1. The number of aromatic nitrogens is 1. The van der Waals surface area contributed by atoms with Crippen LogP contribution in [0.5, 0.6) is 0 Å². The molecule has 0 saturated carbocycles. The first-order valence-corrected chi connectivity index (χ1v) is 11.1. The Balaban J connectivity index is 1.68. The number of Topliss-reactive ketones (excluding diaryl/α,β-unsaturated/α-hetero) is 1. The lowest BCUT2D eigenvalue weighted by molar-refractivity contribution is 0.0683. The number of benzene rings is 1. The number of hydrogen-bond acceptors (Lipinski definition) is 5. The lowest BCUT2D eigenvalue weighted by atomic mass is 9.91. The topological polar surface area (TPSA) is 121 Å². The van der Waals surface area contributed by atoms with E-state index < -0.39 is 29.3 Å². The van der Waals surface area contributed by atoms with Crippen molar-refractivity contribution in [2.24, 2.45) is 16.1 Å². The van der Waals surface area contributed by atoms with E-state index in [1.54, 1.807) is 19.9 Å². The van der Waals surface area contributed by atoms with Gasteiger partial charge in [0.25, 0.3) is 5.91 Å². The van der Waals surface area contributed by atoms with Crippen molar-refractivity contribution in [1.29, 1.82) is 5.41 Å². The van der Waals surface area contributed by atoms with Gasteiger partial charge in [0.05, 0.1) is 10.4 Å². The van der Waals surface area contributed by atoms with Crippen molar-refractivity contribution in [2.75, 3.05) is 6.54 Å². The molecule has 0 saturated heterocycles. The van der Waals surface area contributed by atoms with Crippen LogP contribution in [0.2, 0.25) is 0 Å². The van der Waals surface area contributed by atoms with Crippen LogP contribution in [0.25, 0.3) is 10.4 Å². The second-order valence-electron chi connectivity index (χ2n) is 8.21. The van der Waals surface area contributed by atoms with E-state index in [1.807, 2.05) is 0 Å². The number of nitrogens with two attached hydrogens (primary N) is 1. The molecule has 4 N–H and O–H groups in total. The van der Waals surface area contributed by atoms with Gasteiger partial charge in [-0.3, -0.25) is 20.0 Å². The Hall–Kier alpha value is -3.86. The van der Waals surface area contributed by atoms with Crippen LogP contribution in [-0.2, 0) is 0 Å². The molecule has 0 aliphatic heterocycles. The molecule has 11 heteroatoms. The molecule has 3 rings (SSSR count). The van der Waals surface area contributed by atoms with Gasteiger partial charge in [-0.15, -0.1) is 11.3 Å². The van der Waals surface area contributed by atoms with Gasteiger partial charge in [0.15, 0.2) is 5.84 Å². The Morgan fingerprint density at radius 1 is 1.14 bits per heavy atom. The Morgan fingerprint density at radius 2 is 1.83 bits per heavy atom. The van der Waals surface area contributed by atoms with Crippen LogP contribution in [0.15, 0.2) is 59.9 Å². The first kappa shape index (κ1) is 25.8. The van der Waals surface area contributed by atoms with Crippen LogP contribution in [0.4, 0.5) is 13.2 Å². The number of aliphatic imine (C=N–C) groups is 1. The zero-order valence-corrected chi connectivity index (χ0v) is 19.6. The van der Waals surface area contributed by atoms with Crippen molar-refractivity contribution in [3.63, 3.8) is 0 Å². The summed E-state index contributed by atoms with van der Waals surface area (Å²) in [7, 11) is 0. The third-order valence-corrected chi connectivity index (χ3v) is 6.22. The van der Waals surface area contributed by atoms with E-state index >= 15 is 0 Å². The van der Waals surface area contributed by atoms with E-state index in [2.05, 4.69) is 15.3 Å². The van der Waals surface area contributed by atoms with Gasteiger partial charge in [-0.25, -0.2) is 18.2 Å². The number of nitrogens with zero attached hydrogens (tertiary/aromatic N) is 2. The highest BCUT2D eigenvalue weighted by Gasteiger charge is 2.25. The molecule has 0 radical (unpaired) electrons. The second-order valence-corrected chi connectivity index (χ2v) is 9.29. The fourth-order valence-electron chi connectivity index (χ4n) is 2.87. The van der Waals surface area contributed by atoms with Crippen LogP contribution < -0.4 is 11.1 Å². The number of hydrogen-bond donors (Lipinski definition) is 3. The van der Waals surface area contributed by atoms with Gasteiger partial charge >= 0.3 is 6.43 Å². The zero-order valence-electron chi connectivity index (χ0n) is 18.8. The SMILES string of the molecule is CC(C)(CNC(=O)c1cncc(-c2ccc(C(=O)C(F)F)s2)c1)C(N)=NC(=N)c1ccc(F)cc1. The fraction of sp³-hybridized carbons (Fsp3) is 0.208. The molecule has 1 amide bonds. The van der Waals surface area contributed by atoms with E-state index in [9.17, 15) is 22.8 Å². The van der Waals surface area contributed by atoms with Crippen LogP contribution >= 0.6 is 11.3 Å². The van der Waals surface area contributed by atoms with Gasteiger partial charge in [-0.05, 0) is 42.5 Å². The molecule has 2 aromatic heterocycles. The minimum atomic E-state index is -3.09. The number of ketones is 1. The molecule has 0 aliphatic carbocycles. The third-order valence-electron chi connectivity index (χ3n) is 5.07. The molecule has 0 atom stereocenters. The summed E-state index contributed by atoms with van der Waals surface area (Å²) in [6.07, 6.45) is -0.267. The maximum absolute atomic E-state index is 13.1. The van der Waals surface area contributed by atoms with Gasteiger partial charge in [0.2, 0.25) is 5.78 Å². The van der Waals surface area contributed by atoms with Crippen molar-refractivity contribution in [1.82, 2.24) is 10.3 Å². The predicted molar refractivity (Wildman–Crippen MR) is 129 cm³/mol. The molecular formula is C24H22F3N5O2S. The Kier molecular flexibility index (Phi) is 7.80. The average molecular weight is 502 g/mol. The van der Waals surface area contributed by atoms with E-state index in [-0.39, 0.29) is 28.7 Å². The van der Waals surface area contributed by atoms with Crippen LogP contribution in [0.1, 0.15) is 39.4 Å². The Bertz CT molecular complexity index is 1290. The Morgan fingerprint density at radius 3 is 2.49 bits per heavy atom. The third kappa shape index (κ3) is 6.38. The first-order chi connectivity index (χ1) is 16.5. The maximum Gasteiger partial charge on any atom is 0.301 e. The largest absolute Gasteiger partial charge is 0.387 e. The summed E-state index contributed by atoms with van der Waals surface area (Å²) in [4.78, 5) is 32.8. The van der Waals surface area contributed by atoms with Gasteiger partial charge < -0.3 is 11.1 Å². The van der Waals surface area contributed by atoms with Crippen molar-refractivity contribution in [3.05, 3.63) is 76.7 Å². The van der Waals surface area contributed by atoms with Gasteiger partial charge in [-0.1, -0.05) is 13.8 Å². The molecule has 0 bridgehead atoms. The molecule has 182 valence electrons. The number of carbonyl (C=O) groups excluding carboxylic acids is 2. The number of amidine groups is 2. The highest BCUT2D eigenvalue weighted by molar-refractivity contribution is 7.17. The minimum Gasteiger partial charge on any atom is -0.387 e. The summed E-state index contributed by atoms with van der Waals surface area (Å²) in [6, 6.07) is 9.66. The normalized spacial score (nSPS) is 12.0. The fourth-order valence-corrected chi connectivity index (χ4v) is 3.80. The van der Waals surface area contributed by atoms with E-state index in [4.69, 9.17) is 11.1 Å². The number of pyridine rings is 1. The molecule has 0 fully saturated rings. The summed E-state index contributed by atoms with van der Waals surface area (Å²) in [5.41, 5.74) is 6.39.